The van der Waals surface area contributed by atoms with Crippen LogP contribution in [0, 0.1) is 5.41 Å². The molecule has 1 N–H and O–H groups in total. The molecule has 13 heavy (non-hydrogen) atoms. The lowest BCUT2D eigenvalue weighted by atomic mass is 10.2. The van der Waals surface area contributed by atoms with Gasteiger partial charge < -0.3 is 4.74 Å². The number of hydrogen-bond donors (Lipinski definition) is 2. The number of benzene rings is 1. The van der Waals surface area contributed by atoms with Crippen molar-refractivity contribution in [3.05, 3.63) is 34.9 Å². The molecule has 0 saturated carbocycles. The van der Waals surface area contributed by atoms with Crippen LogP contribution in [0.2, 0.25) is 5.02 Å². The molecule has 0 fully saturated rings. The van der Waals surface area contributed by atoms with Gasteiger partial charge >= 0.3 is 5.30 Å². The molecule has 0 aliphatic carbocycles. The van der Waals surface area contributed by atoms with Gasteiger partial charge in [0, 0.05) is 10.6 Å². The molecule has 68 valence electrons. The molecule has 0 aliphatic rings. The fraction of sp³-hybridized carbons (Fsp3) is 0. The fourth-order valence-corrected chi connectivity index (χ4v) is 1.06. The molecular weight excluding hydrogens is 210 g/mol. The summed E-state index contributed by atoms with van der Waals surface area (Å²) in [5, 5.41) is 6.98. The van der Waals surface area contributed by atoms with Gasteiger partial charge in [-0.1, -0.05) is 30.3 Å². The Balaban J connectivity index is 2.83. The molecule has 0 radical (unpaired) electrons. The number of thiol groups is 1. The van der Waals surface area contributed by atoms with Gasteiger partial charge in [0.15, 0.2) is 0 Å². The lowest BCUT2D eigenvalue weighted by Crippen LogP contribution is -2.06. The highest BCUT2D eigenvalue weighted by atomic mass is 35.5. The van der Waals surface area contributed by atoms with E-state index in [0.29, 0.717) is 10.6 Å². The smallest absolute Gasteiger partial charge is 0.370 e. The summed E-state index contributed by atoms with van der Waals surface area (Å²) in [7, 11) is 0. The van der Waals surface area contributed by atoms with Gasteiger partial charge in [0.1, 0.15) is 0 Å². The quantitative estimate of drug-likeness (QED) is 0.328. The molecule has 0 heterocycles. The number of ether oxygens (including phenoxy) is 1. The largest absolute Gasteiger partial charge is 0.399 e. The molecule has 1 aromatic carbocycles. The second kappa shape index (κ2) is 4.30. The Hall–Kier alpha value is -1.00. The van der Waals surface area contributed by atoms with Gasteiger partial charge in [-0.2, -0.15) is 0 Å². The third-order valence-corrected chi connectivity index (χ3v) is 1.60. The number of nitrogens with one attached hydrogen (secondary N) is 1. The maximum Gasteiger partial charge on any atom is 0.370 e. The van der Waals surface area contributed by atoms with E-state index in [0.717, 1.165) is 0 Å². The predicted octanol–water partition coefficient (Wildman–Crippen LogP) is 2.73. The van der Waals surface area contributed by atoms with E-state index < -0.39 is 5.30 Å². The van der Waals surface area contributed by atoms with Crippen molar-refractivity contribution in [2.45, 2.75) is 0 Å². The number of hydrogen-bond acceptors (Lipinski definition) is 3. The molecular formula is C8H6ClNO2S. The Morgan fingerprint density at radius 1 is 1.54 bits per heavy atom. The summed E-state index contributed by atoms with van der Waals surface area (Å²) in [5.74, 6) is -0.262. The molecule has 3 nitrogen and oxygen atoms in total. The standard InChI is InChI=1S/C8H6ClNO2S/c9-6-3-1-2-5(4-6)7(10)12-8(11)13/h1-4,10H,(H,11,13). The van der Waals surface area contributed by atoms with Crippen LogP contribution in [-0.4, -0.2) is 11.2 Å². The zero-order chi connectivity index (χ0) is 9.84. The normalized spacial score (nSPS) is 9.38. The van der Waals surface area contributed by atoms with Crippen molar-refractivity contribution in [1.82, 2.24) is 0 Å². The molecule has 1 aromatic rings. The van der Waals surface area contributed by atoms with E-state index >= 15 is 0 Å². The van der Waals surface area contributed by atoms with Crippen molar-refractivity contribution in [1.29, 1.82) is 5.41 Å². The van der Waals surface area contributed by atoms with Crippen molar-refractivity contribution in [3.63, 3.8) is 0 Å². The van der Waals surface area contributed by atoms with E-state index in [-0.39, 0.29) is 5.90 Å². The predicted molar refractivity (Wildman–Crippen MR) is 53.7 cm³/mol. The van der Waals surface area contributed by atoms with E-state index in [1.807, 2.05) is 0 Å². The SMILES string of the molecule is N=C(OC(=O)S)c1cccc(Cl)c1. The average molecular weight is 216 g/mol. The monoisotopic (exact) mass is 215 g/mol. The van der Waals surface area contributed by atoms with Crippen molar-refractivity contribution in [2.24, 2.45) is 0 Å². The minimum Gasteiger partial charge on any atom is -0.399 e. The maximum atomic E-state index is 10.4. The van der Waals surface area contributed by atoms with Crippen LogP contribution in [0.15, 0.2) is 24.3 Å². The van der Waals surface area contributed by atoms with Gasteiger partial charge in [-0.3, -0.25) is 5.41 Å². The summed E-state index contributed by atoms with van der Waals surface area (Å²) in [6, 6.07) is 6.48. The van der Waals surface area contributed by atoms with Crippen LogP contribution in [0.3, 0.4) is 0 Å². The Morgan fingerprint density at radius 2 is 2.23 bits per heavy atom. The van der Waals surface area contributed by atoms with Gasteiger partial charge in [-0.05, 0) is 18.2 Å². The van der Waals surface area contributed by atoms with Crippen molar-refractivity contribution in [3.8, 4) is 0 Å². The van der Waals surface area contributed by atoms with Crippen LogP contribution in [0.25, 0.3) is 0 Å². The topological polar surface area (TPSA) is 50.1 Å². The minimum atomic E-state index is -0.815. The average Bonchev–Trinajstić information content (AvgIpc) is 2.03. The molecule has 0 amide bonds. The third kappa shape index (κ3) is 3.08. The van der Waals surface area contributed by atoms with E-state index in [4.69, 9.17) is 17.0 Å². The highest BCUT2D eigenvalue weighted by Crippen LogP contribution is 2.11. The number of halogens is 1. The second-order valence-corrected chi connectivity index (χ2v) is 3.01. The zero-order valence-corrected chi connectivity index (χ0v) is 8.10. The van der Waals surface area contributed by atoms with Gasteiger partial charge in [-0.25, -0.2) is 4.79 Å². The fourth-order valence-electron chi connectivity index (χ4n) is 0.776. The summed E-state index contributed by atoms with van der Waals surface area (Å²) in [6.45, 7) is 0. The first-order valence-corrected chi connectivity index (χ1v) is 4.17. The molecule has 0 unspecified atom stereocenters. The molecule has 0 aromatic heterocycles. The van der Waals surface area contributed by atoms with Crippen LogP contribution in [-0.2, 0) is 4.74 Å². The lowest BCUT2D eigenvalue weighted by molar-refractivity contribution is 0.225. The maximum absolute atomic E-state index is 10.4. The highest BCUT2D eigenvalue weighted by Gasteiger charge is 2.05. The van der Waals surface area contributed by atoms with Crippen LogP contribution < -0.4 is 0 Å². The highest BCUT2D eigenvalue weighted by molar-refractivity contribution is 7.96. The first kappa shape index (κ1) is 10.1. The van der Waals surface area contributed by atoms with Crippen molar-refractivity contribution < 1.29 is 9.53 Å². The first-order chi connectivity index (χ1) is 6.09. The summed E-state index contributed by atoms with van der Waals surface area (Å²) < 4.78 is 4.44. The molecule has 5 heteroatoms. The molecule has 0 bridgehead atoms. The lowest BCUT2D eigenvalue weighted by Gasteiger charge is -2.02. The summed E-state index contributed by atoms with van der Waals surface area (Å²) in [5.41, 5.74) is 0.440. The van der Waals surface area contributed by atoms with Crippen LogP contribution >= 0.6 is 24.2 Å². The van der Waals surface area contributed by atoms with Gasteiger partial charge in [-0.15, -0.1) is 0 Å². The third-order valence-electron chi connectivity index (χ3n) is 1.28. The Morgan fingerprint density at radius 3 is 2.77 bits per heavy atom. The molecule has 0 saturated heterocycles. The number of carbonyl (C=O) groups excluding carboxylic acids is 1. The first-order valence-electron chi connectivity index (χ1n) is 3.35. The Bertz CT molecular complexity index is 354. The van der Waals surface area contributed by atoms with Gasteiger partial charge in [0.05, 0.1) is 0 Å². The van der Waals surface area contributed by atoms with Gasteiger partial charge in [0.2, 0.25) is 5.90 Å². The van der Waals surface area contributed by atoms with E-state index in [1.54, 1.807) is 18.2 Å². The summed E-state index contributed by atoms with van der Waals surface area (Å²) in [6.07, 6.45) is 0. The van der Waals surface area contributed by atoms with E-state index in [1.165, 1.54) is 6.07 Å². The van der Waals surface area contributed by atoms with E-state index in [2.05, 4.69) is 17.4 Å². The molecule has 0 aliphatic heterocycles. The van der Waals surface area contributed by atoms with Crippen molar-refractivity contribution in [2.75, 3.05) is 0 Å². The summed E-state index contributed by atoms with van der Waals surface area (Å²) in [4.78, 5) is 10.4. The molecule has 1 rings (SSSR count). The van der Waals surface area contributed by atoms with Gasteiger partial charge in [0.25, 0.3) is 0 Å². The van der Waals surface area contributed by atoms with Crippen molar-refractivity contribution >= 4 is 35.4 Å². The minimum absolute atomic E-state index is 0.262. The zero-order valence-electron chi connectivity index (χ0n) is 6.45. The Kier molecular flexibility index (Phi) is 3.33. The van der Waals surface area contributed by atoms with Crippen LogP contribution in [0.4, 0.5) is 4.79 Å². The number of rotatable bonds is 1. The van der Waals surface area contributed by atoms with E-state index in [9.17, 15) is 4.79 Å². The summed E-state index contributed by atoms with van der Waals surface area (Å²) >= 11 is 9.05. The molecule has 0 atom stereocenters. The van der Waals surface area contributed by atoms with Crippen LogP contribution in [0.1, 0.15) is 5.56 Å². The number of carbonyl (C=O) groups is 1. The molecule has 0 spiro atoms. The Labute approximate surface area is 85.6 Å². The second-order valence-electron chi connectivity index (χ2n) is 2.21. The van der Waals surface area contributed by atoms with Crippen LogP contribution in [0.5, 0.6) is 0 Å².